The molecule has 5 atom stereocenters. The van der Waals surface area contributed by atoms with Crippen LogP contribution in [0.25, 0.3) is 11.0 Å². The van der Waals surface area contributed by atoms with Crippen molar-refractivity contribution < 1.29 is 24.1 Å². The van der Waals surface area contributed by atoms with E-state index in [2.05, 4.69) is 4.98 Å². The summed E-state index contributed by atoms with van der Waals surface area (Å²) >= 11 is 0. The number of imidazole rings is 1. The number of benzene rings is 1. The molecule has 8 heteroatoms. The molecular weight excluding hydrogens is 302 g/mol. The monoisotopic (exact) mass is 321 g/mol. The van der Waals surface area contributed by atoms with Gasteiger partial charge in [-0.25, -0.2) is 4.98 Å². The van der Waals surface area contributed by atoms with E-state index in [4.69, 9.17) is 24.7 Å². The lowest BCUT2D eigenvalue weighted by Crippen LogP contribution is -2.55. The van der Waals surface area contributed by atoms with E-state index in [0.717, 1.165) is 11.0 Å². The van der Waals surface area contributed by atoms with E-state index in [9.17, 15) is 5.11 Å². The quantitative estimate of drug-likeness (QED) is 0.823. The van der Waals surface area contributed by atoms with Gasteiger partial charge in [-0.2, -0.15) is 0 Å². The lowest BCUT2D eigenvalue weighted by Gasteiger charge is -2.37. The van der Waals surface area contributed by atoms with Gasteiger partial charge in [-0.1, -0.05) is 0 Å². The summed E-state index contributed by atoms with van der Waals surface area (Å²) in [6.45, 7) is 0.392. The van der Waals surface area contributed by atoms with Gasteiger partial charge in [0.2, 0.25) is 0 Å². The van der Waals surface area contributed by atoms with Gasteiger partial charge in [-0.15, -0.1) is 0 Å². The lowest BCUT2D eigenvalue weighted by atomic mass is 9.97. The Morgan fingerprint density at radius 2 is 2.04 bits per heavy atom. The van der Waals surface area contributed by atoms with Gasteiger partial charge < -0.3 is 34.4 Å². The van der Waals surface area contributed by atoms with Gasteiger partial charge in [0, 0.05) is 12.1 Å². The Bertz CT molecular complexity index is 733. The van der Waals surface area contributed by atoms with Crippen LogP contribution in [0.4, 0.5) is 0 Å². The summed E-state index contributed by atoms with van der Waals surface area (Å²) in [5, 5.41) is 10.6. The van der Waals surface area contributed by atoms with Crippen molar-refractivity contribution in [3.05, 3.63) is 18.5 Å². The van der Waals surface area contributed by atoms with Crippen LogP contribution in [0.3, 0.4) is 0 Å². The Morgan fingerprint density at radius 3 is 2.78 bits per heavy atom. The second-order valence-corrected chi connectivity index (χ2v) is 5.78. The normalized spacial score (nSPS) is 33.1. The van der Waals surface area contributed by atoms with Gasteiger partial charge in [0.05, 0.1) is 50.3 Å². The van der Waals surface area contributed by atoms with Crippen LogP contribution < -0.4 is 15.2 Å². The van der Waals surface area contributed by atoms with Crippen LogP contribution >= 0.6 is 0 Å². The topological polar surface area (TPSA) is 101 Å². The second-order valence-electron chi connectivity index (χ2n) is 5.78. The van der Waals surface area contributed by atoms with E-state index in [1.54, 1.807) is 26.6 Å². The minimum Gasteiger partial charge on any atom is -0.493 e. The Kier molecular flexibility index (Phi) is 3.42. The van der Waals surface area contributed by atoms with Crippen molar-refractivity contribution in [1.82, 2.24) is 9.55 Å². The summed E-state index contributed by atoms with van der Waals surface area (Å²) in [5.41, 5.74) is 7.58. The highest BCUT2D eigenvalue weighted by molar-refractivity contribution is 5.80. The Balaban J connectivity index is 1.82. The summed E-state index contributed by atoms with van der Waals surface area (Å²) in [5.74, 6) is 1.18. The molecule has 124 valence electrons. The first-order chi connectivity index (χ1) is 11.1. The van der Waals surface area contributed by atoms with E-state index in [-0.39, 0.29) is 6.10 Å². The number of hydrogen-bond donors (Lipinski definition) is 2. The van der Waals surface area contributed by atoms with Gasteiger partial charge in [0.25, 0.3) is 0 Å². The fourth-order valence-corrected chi connectivity index (χ4v) is 3.32. The van der Waals surface area contributed by atoms with E-state index >= 15 is 0 Å². The molecule has 0 saturated carbocycles. The number of nitrogens with two attached hydrogens (primary N) is 1. The van der Waals surface area contributed by atoms with Crippen LogP contribution in [0.15, 0.2) is 18.5 Å². The third-order valence-electron chi connectivity index (χ3n) is 4.59. The molecule has 1 aromatic heterocycles. The van der Waals surface area contributed by atoms with E-state index in [1.165, 1.54) is 0 Å². The predicted molar refractivity (Wildman–Crippen MR) is 80.5 cm³/mol. The maximum absolute atomic E-state index is 10.6. The van der Waals surface area contributed by atoms with Crippen molar-refractivity contribution in [2.75, 3.05) is 20.8 Å². The van der Waals surface area contributed by atoms with Crippen molar-refractivity contribution in [3.8, 4) is 11.5 Å². The van der Waals surface area contributed by atoms with Crippen LogP contribution in [0.5, 0.6) is 11.5 Å². The maximum Gasteiger partial charge on any atom is 0.181 e. The molecule has 0 spiro atoms. The van der Waals surface area contributed by atoms with Crippen LogP contribution in [-0.2, 0) is 9.47 Å². The molecule has 2 saturated heterocycles. The number of hydrogen-bond acceptors (Lipinski definition) is 7. The molecule has 0 amide bonds. The highest BCUT2D eigenvalue weighted by atomic mass is 16.7. The first kappa shape index (κ1) is 14.7. The number of ether oxygens (including phenoxy) is 4. The first-order valence-corrected chi connectivity index (χ1v) is 7.43. The van der Waals surface area contributed by atoms with E-state index in [1.807, 2.05) is 10.6 Å². The Hall–Kier alpha value is -1.87. The van der Waals surface area contributed by atoms with E-state index in [0.29, 0.717) is 18.1 Å². The largest absolute Gasteiger partial charge is 0.493 e. The van der Waals surface area contributed by atoms with E-state index < -0.39 is 24.5 Å². The van der Waals surface area contributed by atoms with Crippen LogP contribution in [-0.4, -0.2) is 60.0 Å². The highest BCUT2D eigenvalue weighted by Crippen LogP contribution is 2.38. The van der Waals surface area contributed by atoms with Gasteiger partial charge in [0.1, 0.15) is 12.1 Å². The van der Waals surface area contributed by atoms with Crippen molar-refractivity contribution in [2.45, 2.75) is 30.6 Å². The van der Waals surface area contributed by atoms with Crippen LogP contribution in [0.2, 0.25) is 0 Å². The molecule has 5 unspecified atom stereocenters. The fourth-order valence-electron chi connectivity index (χ4n) is 3.32. The third-order valence-corrected chi connectivity index (χ3v) is 4.59. The standard InChI is InChI=1S/C15H19N3O5/c1-20-9-3-7-8(4-10(9)21-2)18(6-17-7)13-14(19)12(16)11-5-22-15(13)23-11/h3-4,6,11-15,19H,5,16H2,1-2H3. The molecule has 0 aliphatic carbocycles. The van der Waals surface area contributed by atoms with Gasteiger partial charge in [0.15, 0.2) is 17.8 Å². The number of aliphatic hydroxyl groups is 1. The fraction of sp³-hybridized carbons (Fsp3) is 0.533. The molecule has 3 heterocycles. The number of rotatable bonds is 3. The third kappa shape index (κ3) is 2.10. The summed E-state index contributed by atoms with van der Waals surface area (Å²) in [4.78, 5) is 4.38. The zero-order chi connectivity index (χ0) is 16.1. The zero-order valence-corrected chi connectivity index (χ0v) is 12.9. The summed E-state index contributed by atoms with van der Waals surface area (Å²) in [7, 11) is 3.15. The Morgan fingerprint density at radius 1 is 1.30 bits per heavy atom. The molecule has 3 N–H and O–H groups in total. The predicted octanol–water partition coefficient (Wildman–Crippen LogP) is 0.0379. The molecule has 4 rings (SSSR count). The number of nitrogens with zero attached hydrogens (tertiary/aromatic N) is 2. The molecule has 0 radical (unpaired) electrons. The average molecular weight is 321 g/mol. The molecule has 2 aliphatic rings. The van der Waals surface area contributed by atoms with Crippen molar-refractivity contribution in [1.29, 1.82) is 0 Å². The molecule has 2 fully saturated rings. The van der Waals surface area contributed by atoms with Gasteiger partial charge >= 0.3 is 0 Å². The smallest absolute Gasteiger partial charge is 0.181 e. The SMILES string of the molecule is COc1cc2ncn(C3C4OCC(O4)C(N)C3O)c2cc1OC. The molecular formula is C15H19N3O5. The number of methoxy groups -OCH3 is 2. The summed E-state index contributed by atoms with van der Waals surface area (Å²) < 4.78 is 23.9. The van der Waals surface area contributed by atoms with Crippen LogP contribution in [0.1, 0.15) is 6.04 Å². The molecule has 2 aromatic rings. The lowest BCUT2D eigenvalue weighted by molar-refractivity contribution is -0.159. The highest BCUT2D eigenvalue weighted by Gasteiger charge is 2.49. The molecule has 2 bridgehead atoms. The minimum absolute atomic E-state index is 0.268. The summed E-state index contributed by atoms with van der Waals surface area (Å²) in [6.07, 6.45) is 0.0536. The zero-order valence-electron chi connectivity index (χ0n) is 12.9. The van der Waals surface area contributed by atoms with Crippen molar-refractivity contribution >= 4 is 11.0 Å². The second kappa shape index (κ2) is 5.34. The van der Waals surface area contributed by atoms with Gasteiger partial charge in [-0.3, -0.25) is 0 Å². The summed E-state index contributed by atoms with van der Waals surface area (Å²) in [6, 6.07) is 2.64. The molecule has 23 heavy (non-hydrogen) atoms. The number of fused-ring (bicyclic) bond motifs is 3. The Labute approximate surface area is 132 Å². The van der Waals surface area contributed by atoms with Crippen LogP contribution in [0, 0.1) is 0 Å². The average Bonchev–Trinajstić information content (AvgIpc) is 3.18. The van der Waals surface area contributed by atoms with Crippen molar-refractivity contribution in [2.24, 2.45) is 5.73 Å². The van der Waals surface area contributed by atoms with Crippen molar-refractivity contribution in [3.63, 3.8) is 0 Å². The number of aromatic nitrogens is 2. The first-order valence-electron chi connectivity index (χ1n) is 7.43. The molecule has 8 nitrogen and oxygen atoms in total. The number of aliphatic hydroxyl groups excluding tert-OH is 1. The van der Waals surface area contributed by atoms with Gasteiger partial charge in [-0.05, 0) is 0 Å². The molecule has 2 aliphatic heterocycles. The molecule has 1 aromatic carbocycles. The maximum atomic E-state index is 10.6. The minimum atomic E-state index is -0.785.